The van der Waals surface area contributed by atoms with E-state index in [2.05, 4.69) is 24.5 Å². The zero-order valence-corrected chi connectivity index (χ0v) is 10.4. The molecule has 1 fully saturated rings. The Bertz CT molecular complexity index is 201. The highest BCUT2D eigenvalue weighted by Gasteiger charge is 2.20. The van der Waals surface area contributed by atoms with Gasteiger partial charge in [0.15, 0.2) is 0 Å². The van der Waals surface area contributed by atoms with Gasteiger partial charge in [-0.05, 0) is 12.3 Å². The van der Waals surface area contributed by atoms with Gasteiger partial charge in [-0.3, -0.25) is 4.79 Å². The molecule has 0 spiro atoms. The van der Waals surface area contributed by atoms with Crippen LogP contribution in [-0.2, 0) is 9.53 Å². The monoisotopic (exact) mass is 228 g/mol. The first-order valence-electron chi connectivity index (χ1n) is 6.30. The summed E-state index contributed by atoms with van der Waals surface area (Å²) in [6, 6.07) is 0. The average molecular weight is 228 g/mol. The molecule has 1 heterocycles. The molecule has 1 amide bonds. The molecule has 16 heavy (non-hydrogen) atoms. The summed E-state index contributed by atoms with van der Waals surface area (Å²) in [6.07, 6.45) is 3.18. The lowest BCUT2D eigenvalue weighted by Gasteiger charge is -2.22. The highest BCUT2D eigenvalue weighted by atomic mass is 16.5. The minimum absolute atomic E-state index is 0.0248. The lowest BCUT2D eigenvalue weighted by Crippen LogP contribution is -2.48. The Morgan fingerprint density at radius 2 is 2.31 bits per heavy atom. The van der Waals surface area contributed by atoms with E-state index >= 15 is 0 Å². The van der Waals surface area contributed by atoms with Crippen molar-refractivity contribution in [1.29, 1.82) is 0 Å². The summed E-state index contributed by atoms with van der Waals surface area (Å²) in [7, 11) is 0. The van der Waals surface area contributed by atoms with Gasteiger partial charge in [0.1, 0.15) is 6.10 Å². The Kier molecular flexibility index (Phi) is 6.42. The molecule has 4 heteroatoms. The molecule has 0 saturated carbocycles. The lowest BCUT2D eigenvalue weighted by atomic mass is 10.1. The maximum atomic E-state index is 11.6. The van der Waals surface area contributed by atoms with E-state index in [0.29, 0.717) is 13.2 Å². The summed E-state index contributed by atoms with van der Waals surface area (Å²) in [5, 5.41) is 6.07. The lowest BCUT2D eigenvalue weighted by molar-refractivity contribution is -0.134. The molecule has 0 radical (unpaired) electrons. The van der Waals surface area contributed by atoms with Crippen LogP contribution in [0, 0.1) is 5.92 Å². The highest BCUT2D eigenvalue weighted by Crippen LogP contribution is 2.05. The van der Waals surface area contributed by atoms with Crippen molar-refractivity contribution in [2.24, 2.45) is 5.92 Å². The number of rotatable bonds is 6. The van der Waals surface area contributed by atoms with E-state index in [-0.39, 0.29) is 12.0 Å². The fourth-order valence-corrected chi connectivity index (χ4v) is 1.74. The predicted molar refractivity (Wildman–Crippen MR) is 64.3 cm³/mol. The van der Waals surface area contributed by atoms with Gasteiger partial charge >= 0.3 is 0 Å². The molecule has 1 saturated heterocycles. The normalized spacial score (nSPS) is 21.1. The Morgan fingerprint density at radius 1 is 1.50 bits per heavy atom. The first-order chi connectivity index (χ1) is 7.70. The summed E-state index contributed by atoms with van der Waals surface area (Å²) in [5.41, 5.74) is 0. The van der Waals surface area contributed by atoms with Crippen molar-refractivity contribution in [3.05, 3.63) is 0 Å². The summed E-state index contributed by atoms with van der Waals surface area (Å²) < 4.78 is 5.36. The third kappa shape index (κ3) is 5.47. The Labute approximate surface area is 98.1 Å². The Balaban J connectivity index is 2.01. The number of amides is 1. The molecular weight excluding hydrogens is 204 g/mol. The van der Waals surface area contributed by atoms with Gasteiger partial charge in [-0.25, -0.2) is 0 Å². The minimum atomic E-state index is -0.293. The van der Waals surface area contributed by atoms with Crippen LogP contribution in [-0.4, -0.2) is 38.3 Å². The van der Waals surface area contributed by atoms with E-state index in [0.717, 1.165) is 25.4 Å². The number of ether oxygens (including phenoxy) is 1. The van der Waals surface area contributed by atoms with Crippen LogP contribution in [0.3, 0.4) is 0 Å². The average Bonchev–Trinajstić information content (AvgIpc) is 2.29. The van der Waals surface area contributed by atoms with Crippen molar-refractivity contribution in [2.45, 2.75) is 39.2 Å². The maximum Gasteiger partial charge on any atom is 0.250 e. The number of hydrogen-bond donors (Lipinski definition) is 2. The molecule has 2 N–H and O–H groups in total. The third-order valence-electron chi connectivity index (χ3n) is 2.73. The van der Waals surface area contributed by atoms with Crippen LogP contribution in [0.25, 0.3) is 0 Å². The van der Waals surface area contributed by atoms with Crippen LogP contribution >= 0.6 is 0 Å². The molecule has 1 aliphatic rings. The van der Waals surface area contributed by atoms with Crippen molar-refractivity contribution in [3.8, 4) is 0 Å². The van der Waals surface area contributed by atoms with Gasteiger partial charge in [0.25, 0.3) is 0 Å². The number of hydrogen-bond acceptors (Lipinski definition) is 3. The number of unbranched alkanes of at least 4 members (excludes halogenated alkanes) is 1. The quantitative estimate of drug-likeness (QED) is 0.665. The fourth-order valence-electron chi connectivity index (χ4n) is 1.74. The van der Waals surface area contributed by atoms with Gasteiger partial charge < -0.3 is 15.4 Å². The molecular formula is C12H24N2O2. The molecule has 1 atom stereocenters. The molecule has 0 aromatic heterocycles. The van der Waals surface area contributed by atoms with Crippen LogP contribution in [0.4, 0.5) is 0 Å². The number of carbonyl (C=O) groups excluding carboxylic acids is 1. The zero-order chi connectivity index (χ0) is 11.8. The molecule has 1 aliphatic heterocycles. The van der Waals surface area contributed by atoms with E-state index in [4.69, 9.17) is 4.74 Å². The molecule has 0 bridgehead atoms. The van der Waals surface area contributed by atoms with E-state index in [9.17, 15) is 4.79 Å². The summed E-state index contributed by atoms with van der Waals surface area (Å²) in [5.74, 6) is 0.776. The van der Waals surface area contributed by atoms with E-state index in [1.165, 1.54) is 12.8 Å². The summed E-state index contributed by atoms with van der Waals surface area (Å²) >= 11 is 0. The van der Waals surface area contributed by atoms with Crippen molar-refractivity contribution >= 4 is 5.91 Å². The molecule has 0 aromatic carbocycles. The number of carbonyl (C=O) groups is 1. The van der Waals surface area contributed by atoms with Gasteiger partial charge in [0.05, 0.1) is 6.61 Å². The summed E-state index contributed by atoms with van der Waals surface area (Å²) in [6.45, 7) is 7.33. The number of nitrogens with one attached hydrogen (secondary N) is 2. The largest absolute Gasteiger partial charge is 0.366 e. The minimum Gasteiger partial charge on any atom is -0.366 e. The Morgan fingerprint density at radius 3 is 2.94 bits per heavy atom. The van der Waals surface area contributed by atoms with Crippen molar-refractivity contribution < 1.29 is 9.53 Å². The van der Waals surface area contributed by atoms with Crippen LogP contribution in [0.5, 0.6) is 0 Å². The van der Waals surface area contributed by atoms with Gasteiger partial charge in [0, 0.05) is 19.6 Å². The second-order valence-electron chi connectivity index (χ2n) is 4.74. The van der Waals surface area contributed by atoms with Crippen molar-refractivity contribution in [1.82, 2.24) is 10.6 Å². The second-order valence-corrected chi connectivity index (χ2v) is 4.74. The summed E-state index contributed by atoms with van der Waals surface area (Å²) in [4.78, 5) is 11.6. The molecule has 1 unspecified atom stereocenters. The first kappa shape index (κ1) is 13.5. The molecule has 1 rings (SSSR count). The molecule has 0 aliphatic carbocycles. The predicted octanol–water partition coefficient (Wildman–Crippen LogP) is 0.917. The SMILES string of the molecule is CC(C)CCCCNC(=O)C1CNCCO1. The standard InChI is InChI=1S/C12H24N2O2/c1-10(2)5-3-4-6-14-12(15)11-9-13-7-8-16-11/h10-11,13H,3-9H2,1-2H3,(H,14,15). The van der Waals surface area contributed by atoms with Gasteiger partial charge in [0.2, 0.25) is 5.91 Å². The fraction of sp³-hybridized carbons (Fsp3) is 0.917. The molecule has 94 valence electrons. The number of morpholine rings is 1. The van der Waals surface area contributed by atoms with Gasteiger partial charge in [-0.15, -0.1) is 0 Å². The molecule has 0 aromatic rings. The van der Waals surface area contributed by atoms with E-state index in [1.807, 2.05) is 0 Å². The highest BCUT2D eigenvalue weighted by molar-refractivity contribution is 5.81. The van der Waals surface area contributed by atoms with Gasteiger partial charge in [-0.2, -0.15) is 0 Å². The topological polar surface area (TPSA) is 50.4 Å². The smallest absolute Gasteiger partial charge is 0.250 e. The van der Waals surface area contributed by atoms with Crippen molar-refractivity contribution in [2.75, 3.05) is 26.2 Å². The van der Waals surface area contributed by atoms with E-state index < -0.39 is 0 Å². The third-order valence-corrected chi connectivity index (χ3v) is 2.73. The zero-order valence-electron chi connectivity index (χ0n) is 10.4. The van der Waals surface area contributed by atoms with Crippen LogP contribution in [0.1, 0.15) is 33.1 Å². The first-order valence-corrected chi connectivity index (χ1v) is 6.30. The Hall–Kier alpha value is -0.610. The van der Waals surface area contributed by atoms with Crippen LogP contribution < -0.4 is 10.6 Å². The van der Waals surface area contributed by atoms with Crippen molar-refractivity contribution in [3.63, 3.8) is 0 Å². The maximum absolute atomic E-state index is 11.6. The van der Waals surface area contributed by atoms with Crippen LogP contribution in [0.2, 0.25) is 0 Å². The molecule has 4 nitrogen and oxygen atoms in total. The van der Waals surface area contributed by atoms with Crippen LogP contribution in [0.15, 0.2) is 0 Å². The van der Waals surface area contributed by atoms with E-state index in [1.54, 1.807) is 0 Å². The second kappa shape index (κ2) is 7.63. The van der Waals surface area contributed by atoms with Gasteiger partial charge in [-0.1, -0.05) is 26.7 Å².